The van der Waals surface area contributed by atoms with Gasteiger partial charge in [0.2, 0.25) is 5.91 Å². The highest BCUT2D eigenvalue weighted by atomic mass is 19.1. The summed E-state index contributed by atoms with van der Waals surface area (Å²) < 4.78 is 20.6. The van der Waals surface area contributed by atoms with Gasteiger partial charge >= 0.3 is 0 Å². The zero-order chi connectivity index (χ0) is 18.5. The van der Waals surface area contributed by atoms with E-state index in [2.05, 4.69) is 10.3 Å². The first-order valence-corrected chi connectivity index (χ1v) is 8.22. The van der Waals surface area contributed by atoms with Crippen molar-refractivity contribution in [3.8, 4) is 5.75 Å². The Bertz CT molecular complexity index is 907. The number of methoxy groups -OCH3 is 1. The molecule has 0 fully saturated rings. The molecular weight excluding hydrogens is 333 g/mol. The van der Waals surface area contributed by atoms with Gasteiger partial charge in [-0.25, -0.2) is 9.37 Å². The number of imidazole rings is 1. The number of aryl methyl sites for hydroxylation is 1. The number of carbonyl (C=O) groups excluding carboxylic acids is 1. The van der Waals surface area contributed by atoms with Crippen LogP contribution in [0.3, 0.4) is 0 Å². The summed E-state index contributed by atoms with van der Waals surface area (Å²) in [7, 11) is 3.45. The second-order valence-electron chi connectivity index (χ2n) is 5.95. The molecule has 6 heteroatoms. The van der Waals surface area contributed by atoms with Crippen molar-refractivity contribution in [2.24, 2.45) is 7.05 Å². The summed E-state index contributed by atoms with van der Waals surface area (Å²) >= 11 is 0. The van der Waals surface area contributed by atoms with E-state index in [9.17, 15) is 9.18 Å². The molecule has 3 rings (SSSR count). The van der Waals surface area contributed by atoms with Gasteiger partial charge in [0.25, 0.3) is 0 Å². The number of benzene rings is 2. The molecule has 0 aliphatic heterocycles. The lowest BCUT2D eigenvalue weighted by Crippen LogP contribution is -2.32. The Morgan fingerprint density at radius 2 is 2.08 bits per heavy atom. The van der Waals surface area contributed by atoms with Crippen molar-refractivity contribution < 1.29 is 13.9 Å². The summed E-state index contributed by atoms with van der Waals surface area (Å²) in [6.07, 6.45) is 3.57. The van der Waals surface area contributed by atoms with Crippen molar-refractivity contribution in [3.05, 3.63) is 83.7 Å². The smallest absolute Gasteiger partial charge is 0.225 e. The summed E-state index contributed by atoms with van der Waals surface area (Å²) in [6.45, 7) is 0. The lowest BCUT2D eigenvalue weighted by Gasteiger charge is -2.21. The Hall–Kier alpha value is -3.15. The van der Waals surface area contributed by atoms with Crippen molar-refractivity contribution in [1.29, 1.82) is 0 Å². The van der Waals surface area contributed by atoms with E-state index in [0.717, 1.165) is 5.56 Å². The Morgan fingerprint density at radius 1 is 1.27 bits per heavy atom. The molecule has 5 nitrogen and oxygen atoms in total. The number of nitrogens with zero attached hydrogens (tertiary/aromatic N) is 2. The molecule has 0 saturated heterocycles. The largest absolute Gasteiger partial charge is 0.496 e. The number of carbonyl (C=O) groups is 1. The maximum Gasteiger partial charge on any atom is 0.225 e. The summed E-state index contributed by atoms with van der Waals surface area (Å²) in [4.78, 5) is 17.0. The van der Waals surface area contributed by atoms with Gasteiger partial charge in [-0.2, -0.15) is 0 Å². The van der Waals surface area contributed by atoms with Crippen LogP contribution in [0.2, 0.25) is 0 Å². The van der Waals surface area contributed by atoms with E-state index < -0.39 is 6.04 Å². The van der Waals surface area contributed by atoms with Crippen molar-refractivity contribution in [2.45, 2.75) is 12.5 Å². The molecule has 26 heavy (non-hydrogen) atoms. The SMILES string of the molecule is COc1ccccc1[C@H](NC(=O)Cc1cccc(F)c1)c1nccn1C. The van der Waals surface area contributed by atoms with Crippen molar-refractivity contribution in [2.75, 3.05) is 7.11 Å². The first-order chi connectivity index (χ1) is 12.6. The monoisotopic (exact) mass is 353 g/mol. The van der Waals surface area contributed by atoms with Gasteiger partial charge in [-0.15, -0.1) is 0 Å². The minimum atomic E-state index is -0.479. The topological polar surface area (TPSA) is 56.1 Å². The Kier molecular flexibility index (Phi) is 5.31. The van der Waals surface area contributed by atoms with E-state index in [4.69, 9.17) is 4.74 Å². The van der Waals surface area contributed by atoms with Crippen molar-refractivity contribution in [3.63, 3.8) is 0 Å². The van der Waals surface area contributed by atoms with Crippen LogP contribution >= 0.6 is 0 Å². The molecular formula is C20H20FN3O2. The number of nitrogens with one attached hydrogen (secondary N) is 1. The molecule has 0 spiro atoms. The number of para-hydroxylation sites is 1. The minimum absolute atomic E-state index is 0.0772. The molecule has 0 bridgehead atoms. The number of rotatable bonds is 6. The van der Waals surface area contributed by atoms with Gasteiger partial charge in [0.05, 0.1) is 13.5 Å². The summed E-state index contributed by atoms with van der Waals surface area (Å²) in [5.41, 5.74) is 1.41. The quantitative estimate of drug-likeness (QED) is 0.741. The van der Waals surface area contributed by atoms with Crippen LogP contribution in [0.4, 0.5) is 4.39 Å². The van der Waals surface area contributed by atoms with Crippen LogP contribution < -0.4 is 10.1 Å². The minimum Gasteiger partial charge on any atom is -0.496 e. The molecule has 0 unspecified atom stereocenters. The van der Waals surface area contributed by atoms with Crippen molar-refractivity contribution in [1.82, 2.24) is 14.9 Å². The predicted molar refractivity (Wildman–Crippen MR) is 96.3 cm³/mol. The molecule has 0 radical (unpaired) electrons. The number of ether oxygens (including phenoxy) is 1. The van der Waals surface area contributed by atoms with E-state index in [1.807, 2.05) is 42.1 Å². The van der Waals surface area contributed by atoms with Crippen LogP contribution in [0.1, 0.15) is 23.0 Å². The third kappa shape index (κ3) is 3.91. The van der Waals surface area contributed by atoms with E-state index in [0.29, 0.717) is 17.1 Å². The van der Waals surface area contributed by atoms with Gasteiger partial charge in [-0.3, -0.25) is 4.79 Å². The molecule has 134 valence electrons. The zero-order valence-electron chi connectivity index (χ0n) is 14.6. The summed E-state index contributed by atoms with van der Waals surface area (Å²) in [5.74, 6) is 0.754. The Labute approximate surface area is 151 Å². The summed E-state index contributed by atoms with van der Waals surface area (Å²) in [5, 5.41) is 2.99. The van der Waals surface area contributed by atoms with E-state index in [-0.39, 0.29) is 18.1 Å². The zero-order valence-corrected chi connectivity index (χ0v) is 14.6. The number of halogens is 1. The van der Waals surface area contributed by atoms with Crippen LogP contribution in [-0.2, 0) is 18.3 Å². The average Bonchev–Trinajstić information content (AvgIpc) is 3.05. The fraction of sp³-hybridized carbons (Fsp3) is 0.200. The maximum absolute atomic E-state index is 13.4. The van der Waals surface area contributed by atoms with Gasteiger partial charge < -0.3 is 14.6 Å². The van der Waals surface area contributed by atoms with Crippen LogP contribution in [-0.4, -0.2) is 22.6 Å². The Balaban J connectivity index is 1.89. The molecule has 1 amide bonds. The molecule has 1 N–H and O–H groups in total. The van der Waals surface area contributed by atoms with E-state index >= 15 is 0 Å². The van der Waals surface area contributed by atoms with Crippen LogP contribution in [0.25, 0.3) is 0 Å². The summed E-state index contributed by atoms with van der Waals surface area (Å²) in [6, 6.07) is 13.0. The second kappa shape index (κ2) is 7.82. The lowest BCUT2D eigenvalue weighted by molar-refractivity contribution is -0.121. The second-order valence-corrected chi connectivity index (χ2v) is 5.95. The number of hydrogen-bond donors (Lipinski definition) is 1. The molecule has 3 aromatic rings. The lowest BCUT2D eigenvalue weighted by atomic mass is 10.0. The van der Waals surface area contributed by atoms with Crippen molar-refractivity contribution >= 4 is 5.91 Å². The van der Waals surface area contributed by atoms with Gasteiger partial charge in [-0.1, -0.05) is 30.3 Å². The van der Waals surface area contributed by atoms with Gasteiger partial charge in [0, 0.05) is 25.0 Å². The maximum atomic E-state index is 13.4. The number of amides is 1. The predicted octanol–water partition coefficient (Wildman–Crippen LogP) is 3.02. The normalized spacial score (nSPS) is 11.8. The van der Waals surface area contributed by atoms with Crippen LogP contribution in [0.5, 0.6) is 5.75 Å². The molecule has 2 aromatic carbocycles. The van der Waals surface area contributed by atoms with E-state index in [1.54, 1.807) is 25.4 Å². The highest BCUT2D eigenvalue weighted by molar-refractivity contribution is 5.79. The van der Waals surface area contributed by atoms with Crippen LogP contribution in [0, 0.1) is 5.82 Å². The molecule has 0 aliphatic carbocycles. The van der Waals surface area contributed by atoms with Gasteiger partial charge in [-0.05, 0) is 23.8 Å². The molecule has 1 aromatic heterocycles. The fourth-order valence-electron chi connectivity index (χ4n) is 2.89. The fourth-order valence-corrected chi connectivity index (χ4v) is 2.89. The molecule has 1 atom stereocenters. The van der Waals surface area contributed by atoms with E-state index in [1.165, 1.54) is 12.1 Å². The highest BCUT2D eigenvalue weighted by Gasteiger charge is 2.23. The third-order valence-corrected chi connectivity index (χ3v) is 4.13. The van der Waals surface area contributed by atoms with Gasteiger partial charge in [0.1, 0.15) is 23.4 Å². The Morgan fingerprint density at radius 3 is 2.77 bits per heavy atom. The van der Waals surface area contributed by atoms with Gasteiger partial charge in [0.15, 0.2) is 0 Å². The number of hydrogen-bond acceptors (Lipinski definition) is 3. The molecule has 0 saturated carbocycles. The standard InChI is InChI=1S/C20H20FN3O2/c1-24-11-10-22-20(24)19(16-8-3-4-9-17(16)26-2)23-18(25)13-14-6-5-7-15(21)12-14/h3-12,19H,13H2,1-2H3,(H,23,25)/t19-/m0/s1. The highest BCUT2D eigenvalue weighted by Crippen LogP contribution is 2.29. The molecule has 0 aliphatic rings. The number of aromatic nitrogens is 2. The average molecular weight is 353 g/mol. The first kappa shape index (κ1) is 17.7. The third-order valence-electron chi connectivity index (χ3n) is 4.13. The van der Waals surface area contributed by atoms with Crippen LogP contribution in [0.15, 0.2) is 60.9 Å². The first-order valence-electron chi connectivity index (χ1n) is 8.22. The molecule has 1 heterocycles.